The van der Waals surface area contributed by atoms with Crippen LogP contribution >= 0.6 is 11.6 Å². The van der Waals surface area contributed by atoms with Gasteiger partial charge in [-0.05, 0) is 24.3 Å². The third-order valence-electron chi connectivity index (χ3n) is 1.32. The Bertz CT molecular complexity index is 341. The Kier molecular flexibility index (Phi) is 2.87. The molecular formula is C8H8ClN3O. The smallest absolute Gasteiger partial charge is 0.280 e. The van der Waals surface area contributed by atoms with E-state index in [-0.39, 0.29) is 5.96 Å². The molecule has 0 aromatic heterocycles. The minimum Gasteiger partial charge on any atom is -0.370 e. The highest BCUT2D eigenvalue weighted by atomic mass is 35.5. The van der Waals surface area contributed by atoms with Crippen molar-refractivity contribution < 1.29 is 4.79 Å². The Morgan fingerprint density at radius 1 is 1.23 bits per heavy atom. The van der Waals surface area contributed by atoms with E-state index in [9.17, 15) is 4.79 Å². The molecule has 0 aliphatic heterocycles. The Hall–Kier alpha value is -1.55. The highest BCUT2D eigenvalue weighted by Crippen LogP contribution is 2.09. The number of aliphatic imine (C=N–C) groups is 1. The highest BCUT2D eigenvalue weighted by molar-refractivity contribution is 6.30. The second-order valence-corrected chi connectivity index (χ2v) is 2.79. The molecule has 4 N–H and O–H groups in total. The first-order valence-corrected chi connectivity index (χ1v) is 3.87. The quantitative estimate of drug-likeness (QED) is 0.515. The Balaban J connectivity index is 2.90. The molecule has 1 aromatic carbocycles. The lowest BCUT2D eigenvalue weighted by Crippen LogP contribution is -2.24. The van der Waals surface area contributed by atoms with Gasteiger partial charge in [-0.1, -0.05) is 11.6 Å². The van der Waals surface area contributed by atoms with Crippen molar-refractivity contribution in [1.82, 2.24) is 0 Å². The zero-order valence-corrected chi connectivity index (χ0v) is 7.45. The van der Waals surface area contributed by atoms with Crippen molar-refractivity contribution >= 4 is 23.5 Å². The number of hydrogen-bond acceptors (Lipinski definition) is 1. The van der Waals surface area contributed by atoms with Crippen LogP contribution in [0.5, 0.6) is 0 Å². The molecule has 13 heavy (non-hydrogen) atoms. The van der Waals surface area contributed by atoms with E-state index in [0.29, 0.717) is 10.6 Å². The molecule has 68 valence electrons. The molecule has 0 atom stereocenters. The maximum Gasteiger partial charge on any atom is 0.280 e. The third-order valence-corrected chi connectivity index (χ3v) is 1.57. The van der Waals surface area contributed by atoms with E-state index in [2.05, 4.69) is 4.99 Å². The average molecular weight is 198 g/mol. The SMILES string of the molecule is NC(N)=NC(=O)c1ccc(Cl)cc1. The average Bonchev–Trinajstić information content (AvgIpc) is 2.04. The maximum absolute atomic E-state index is 11.2. The Morgan fingerprint density at radius 2 is 1.77 bits per heavy atom. The van der Waals surface area contributed by atoms with Gasteiger partial charge in [0.15, 0.2) is 5.96 Å². The third kappa shape index (κ3) is 2.76. The van der Waals surface area contributed by atoms with Crippen molar-refractivity contribution in [3.63, 3.8) is 0 Å². The molecule has 4 nitrogen and oxygen atoms in total. The molecule has 0 heterocycles. The predicted molar refractivity (Wildman–Crippen MR) is 51.6 cm³/mol. The highest BCUT2D eigenvalue weighted by Gasteiger charge is 2.02. The summed E-state index contributed by atoms with van der Waals surface area (Å²) in [6, 6.07) is 6.29. The van der Waals surface area contributed by atoms with Crippen LogP contribution in [0, 0.1) is 0 Å². The summed E-state index contributed by atoms with van der Waals surface area (Å²) < 4.78 is 0. The minimum absolute atomic E-state index is 0.250. The van der Waals surface area contributed by atoms with Crippen molar-refractivity contribution in [2.24, 2.45) is 16.5 Å². The number of rotatable bonds is 1. The topological polar surface area (TPSA) is 81.5 Å². The monoisotopic (exact) mass is 197 g/mol. The first-order chi connectivity index (χ1) is 6.09. The maximum atomic E-state index is 11.2. The van der Waals surface area contributed by atoms with Crippen LogP contribution < -0.4 is 11.5 Å². The lowest BCUT2D eigenvalue weighted by Gasteiger charge is -1.95. The lowest BCUT2D eigenvalue weighted by molar-refractivity contribution is 0.100. The van der Waals surface area contributed by atoms with Crippen molar-refractivity contribution in [2.45, 2.75) is 0 Å². The van der Waals surface area contributed by atoms with Gasteiger partial charge in [-0.25, -0.2) is 0 Å². The predicted octanol–water partition coefficient (Wildman–Crippen LogP) is 0.754. The largest absolute Gasteiger partial charge is 0.370 e. The molecule has 0 aliphatic rings. The van der Waals surface area contributed by atoms with Crippen LogP contribution in [0.4, 0.5) is 0 Å². The summed E-state index contributed by atoms with van der Waals surface area (Å²) in [5, 5.41) is 0.557. The fourth-order valence-electron chi connectivity index (χ4n) is 0.774. The minimum atomic E-state index is -0.475. The fourth-order valence-corrected chi connectivity index (χ4v) is 0.900. The van der Waals surface area contributed by atoms with Gasteiger partial charge in [-0.15, -0.1) is 0 Å². The van der Waals surface area contributed by atoms with Gasteiger partial charge in [-0.3, -0.25) is 4.79 Å². The zero-order valence-electron chi connectivity index (χ0n) is 6.70. The molecule has 1 rings (SSSR count). The molecule has 5 heteroatoms. The van der Waals surface area contributed by atoms with E-state index in [0.717, 1.165) is 0 Å². The summed E-state index contributed by atoms with van der Waals surface area (Å²) >= 11 is 5.63. The van der Waals surface area contributed by atoms with Crippen LogP contribution in [0.2, 0.25) is 5.02 Å². The van der Waals surface area contributed by atoms with Crippen LogP contribution in [0.25, 0.3) is 0 Å². The van der Waals surface area contributed by atoms with E-state index < -0.39 is 5.91 Å². The molecule has 1 amide bonds. The molecular weight excluding hydrogens is 190 g/mol. The summed E-state index contributed by atoms with van der Waals surface area (Å²) in [4.78, 5) is 14.5. The molecule has 0 spiro atoms. The van der Waals surface area contributed by atoms with Crippen LogP contribution in [0.1, 0.15) is 10.4 Å². The fraction of sp³-hybridized carbons (Fsp3) is 0. The number of hydrogen-bond donors (Lipinski definition) is 2. The number of nitrogens with zero attached hydrogens (tertiary/aromatic N) is 1. The number of nitrogens with two attached hydrogens (primary N) is 2. The van der Waals surface area contributed by atoms with Gasteiger partial charge >= 0.3 is 0 Å². The van der Waals surface area contributed by atoms with Gasteiger partial charge in [0.25, 0.3) is 5.91 Å². The molecule has 1 aromatic rings. The van der Waals surface area contributed by atoms with E-state index in [4.69, 9.17) is 23.1 Å². The summed E-state index contributed by atoms with van der Waals surface area (Å²) in [6.07, 6.45) is 0. The zero-order chi connectivity index (χ0) is 9.84. The second-order valence-electron chi connectivity index (χ2n) is 2.35. The van der Waals surface area contributed by atoms with Gasteiger partial charge in [0.1, 0.15) is 0 Å². The number of carbonyl (C=O) groups is 1. The van der Waals surface area contributed by atoms with Gasteiger partial charge in [-0.2, -0.15) is 4.99 Å². The standard InChI is InChI=1S/C8H8ClN3O/c9-6-3-1-5(2-4-6)7(13)12-8(10)11/h1-4H,(H4,10,11,12,13). The van der Waals surface area contributed by atoms with Crippen LogP contribution in [-0.4, -0.2) is 11.9 Å². The Labute approximate surface area is 80.2 Å². The first-order valence-electron chi connectivity index (χ1n) is 3.49. The van der Waals surface area contributed by atoms with Gasteiger partial charge in [0.2, 0.25) is 0 Å². The summed E-state index contributed by atoms with van der Waals surface area (Å²) in [7, 11) is 0. The van der Waals surface area contributed by atoms with Crippen LogP contribution in [0.15, 0.2) is 29.3 Å². The number of halogens is 1. The molecule has 0 radical (unpaired) electrons. The van der Waals surface area contributed by atoms with Crippen LogP contribution in [-0.2, 0) is 0 Å². The molecule has 0 fully saturated rings. The van der Waals surface area contributed by atoms with E-state index in [1.165, 1.54) is 0 Å². The molecule has 0 saturated heterocycles. The molecule has 0 aliphatic carbocycles. The number of benzene rings is 1. The Morgan fingerprint density at radius 3 is 2.23 bits per heavy atom. The molecule has 0 bridgehead atoms. The van der Waals surface area contributed by atoms with Crippen molar-refractivity contribution in [2.75, 3.05) is 0 Å². The second kappa shape index (κ2) is 3.91. The van der Waals surface area contributed by atoms with Gasteiger partial charge in [0, 0.05) is 10.6 Å². The van der Waals surface area contributed by atoms with E-state index in [1.807, 2.05) is 0 Å². The van der Waals surface area contributed by atoms with Crippen molar-refractivity contribution in [1.29, 1.82) is 0 Å². The van der Waals surface area contributed by atoms with Crippen molar-refractivity contribution in [3.05, 3.63) is 34.9 Å². The normalized spacial score (nSPS) is 9.31. The number of carbonyl (C=O) groups excluding carboxylic acids is 1. The lowest BCUT2D eigenvalue weighted by atomic mass is 10.2. The molecule has 0 saturated carbocycles. The summed E-state index contributed by atoms with van der Waals surface area (Å²) in [6.45, 7) is 0. The van der Waals surface area contributed by atoms with Gasteiger partial charge in [0.05, 0.1) is 0 Å². The van der Waals surface area contributed by atoms with Gasteiger partial charge < -0.3 is 11.5 Å². The van der Waals surface area contributed by atoms with E-state index in [1.54, 1.807) is 24.3 Å². The van der Waals surface area contributed by atoms with Crippen LogP contribution in [0.3, 0.4) is 0 Å². The number of guanidine groups is 1. The first kappa shape index (κ1) is 9.54. The number of amides is 1. The molecule has 0 unspecified atom stereocenters. The van der Waals surface area contributed by atoms with E-state index >= 15 is 0 Å². The van der Waals surface area contributed by atoms with Crippen molar-refractivity contribution in [3.8, 4) is 0 Å². The summed E-state index contributed by atoms with van der Waals surface area (Å²) in [5.74, 6) is -0.725. The summed E-state index contributed by atoms with van der Waals surface area (Å²) in [5.41, 5.74) is 10.5.